The van der Waals surface area contributed by atoms with E-state index in [9.17, 15) is 4.79 Å². The van der Waals surface area contributed by atoms with E-state index in [1.54, 1.807) is 0 Å². The minimum absolute atomic E-state index is 0.347. The van der Waals surface area contributed by atoms with Crippen LogP contribution in [0.3, 0.4) is 0 Å². The van der Waals surface area contributed by atoms with Crippen molar-refractivity contribution in [1.29, 1.82) is 0 Å². The summed E-state index contributed by atoms with van der Waals surface area (Å²) in [4.78, 5) is 14.1. The summed E-state index contributed by atoms with van der Waals surface area (Å²) in [6, 6.07) is 0.467. The summed E-state index contributed by atoms with van der Waals surface area (Å²) >= 11 is 0. The zero-order valence-corrected chi connectivity index (χ0v) is 8.96. The van der Waals surface area contributed by atoms with Crippen LogP contribution in [-0.2, 0) is 4.79 Å². The van der Waals surface area contributed by atoms with Gasteiger partial charge in [-0.15, -0.1) is 0 Å². The maximum absolute atomic E-state index is 12.0. The van der Waals surface area contributed by atoms with Gasteiger partial charge in [0.25, 0.3) is 0 Å². The summed E-state index contributed by atoms with van der Waals surface area (Å²) in [5.41, 5.74) is 0. The predicted molar refractivity (Wildman–Crippen MR) is 56.0 cm³/mol. The van der Waals surface area contributed by atoms with Crippen LogP contribution in [0.4, 0.5) is 0 Å². The Morgan fingerprint density at radius 3 is 2.71 bits per heavy atom. The lowest BCUT2D eigenvalue weighted by Gasteiger charge is -2.33. The summed E-state index contributed by atoms with van der Waals surface area (Å²) in [5.74, 6) is 0.760. The molecule has 0 aromatic carbocycles. The van der Waals surface area contributed by atoms with Crippen LogP contribution in [0.25, 0.3) is 0 Å². The van der Waals surface area contributed by atoms with Crippen LogP contribution in [0.5, 0.6) is 0 Å². The molecule has 1 heterocycles. The van der Waals surface area contributed by atoms with E-state index in [-0.39, 0.29) is 0 Å². The molecule has 2 fully saturated rings. The molecule has 80 valence electrons. The van der Waals surface area contributed by atoms with Crippen LogP contribution in [-0.4, -0.2) is 36.5 Å². The van der Waals surface area contributed by atoms with Crippen LogP contribution in [0, 0.1) is 5.92 Å². The minimum Gasteiger partial charge on any atom is -0.340 e. The Morgan fingerprint density at radius 1 is 1.36 bits per heavy atom. The monoisotopic (exact) mass is 196 g/mol. The summed E-state index contributed by atoms with van der Waals surface area (Å²) in [6.45, 7) is 4.91. The zero-order chi connectivity index (χ0) is 9.97. The lowest BCUT2D eigenvalue weighted by Crippen LogP contribution is -2.52. The summed E-state index contributed by atoms with van der Waals surface area (Å²) in [5, 5.41) is 3.36. The van der Waals surface area contributed by atoms with Gasteiger partial charge in [-0.1, -0.05) is 12.8 Å². The van der Waals surface area contributed by atoms with Crippen molar-refractivity contribution in [3.05, 3.63) is 0 Å². The third kappa shape index (κ3) is 2.08. The fraction of sp³-hybridized carbons (Fsp3) is 0.909. The molecule has 1 saturated carbocycles. The van der Waals surface area contributed by atoms with Crippen LogP contribution in [0.15, 0.2) is 0 Å². The van der Waals surface area contributed by atoms with E-state index in [4.69, 9.17) is 0 Å². The van der Waals surface area contributed by atoms with E-state index in [1.807, 2.05) is 0 Å². The van der Waals surface area contributed by atoms with Crippen molar-refractivity contribution >= 4 is 5.91 Å². The zero-order valence-electron chi connectivity index (χ0n) is 8.96. The molecule has 1 N–H and O–H groups in total. The van der Waals surface area contributed by atoms with Gasteiger partial charge in [0.15, 0.2) is 0 Å². The largest absolute Gasteiger partial charge is 0.340 e. The number of nitrogens with zero attached hydrogens (tertiary/aromatic N) is 1. The quantitative estimate of drug-likeness (QED) is 0.678. The number of piperazine rings is 1. The minimum atomic E-state index is 0.347. The number of amides is 1. The molecule has 2 rings (SSSR count). The van der Waals surface area contributed by atoms with Gasteiger partial charge in [-0.05, 0) is 19.8 Å². The van der Waals surface area contributed by atoms with Crippen LogP contribution < -0.4 is 5.32 Å². The molecule has 1 atom stereocenters. The highest BCUT2D eigenvalue weighted by molar-refractivity contribution is 5.79. The average molecular weight is 196 g/mol. The average Bonchev–Trinajstić information content (AvgIpc) is 2.69. The van der Waals surface area contributed by atoms with Gasteiger partial charge in [0, 0.05) is 31.6 Å². The second-order valence-corrected chi connectivity index (χ2v) is 4.62. The van der Waals surface area contributed by atoms with E-state index >= 15 is 0 Å². The van der Waals surface area contributed by atoms with Crippen LogP contribution in [0.2, 0.25) is 0 Å². The first kappa shape index (κ1) is 9.97. The SMILES string of the molecule is C[C@@H]1CN(C(=O)C2CCCC2)CCN1. The second-order valence-electron chi connectivity index (χ2n) is 4.62. The molecule has 0 aromatic rings. The van der Waals surface area contributed by atoms with Crippen molar-refractivity contribution in [3.63, 3.8) is 0 Å². The smallest absolute Gasteiger partial charge is 0.225 e. The van der Waals surface area contributed by atoms with Crippen molar-refractivity contribution in [3.8, 4) is 0 Å². The number of nitrogens with one attached hydrogen (secondary N) is 1. The molecule has 2 aliphatic rings. The Balaban J connectivity index is 1.89. The molecule has 3 heteroatoms. The molecule has 1 amide bonds. The Kier molecular flexibility index (Phi) is 3.06. The number of carbonyl (C=O) groups excluding carboxylic acids is 1. The van der Waals surface area contributed by atoms with Gasteiger partial charge >= 0.3 is 0 Å². The second kappa shape index (κ2) is 4.30. The Morgan fingerprint density at radius 2 is 2.07 bits per heavy atom. The maximum Gasteiger partial charge on any atom is 0.225 e. The molecule has 0 aromatic heterocycles. The highest BCUT2D eigenvalue weighted by Crippen LogP contribution is 2.26. The van der Waals surface area contributed by atoms with E-state index in [1.165, 1.54) is 12.8 Å². The highest BCUT2D eigenvalue weighted by Gasteiger charge is 2.29. The van der Waals surface area contributed by atoms with Crippen LogP contribution >= 0.6 is 0 Å². The van der Waals surface area contributed by atoms with E-state index in [0.717, 1.165) is 32.5 Å². The summed E-state index contributed by atoms with van der Waals surface area (Å²) in [6.07, 6.45) is 4.74. The number of rotatable bonds is 1. The lowest BCUT2D eigenvalue weighted by atomic mass is 10.1. The van der Waals surface area contributed by atoms with E-state index < -0.39 is 0 Å². The third-order valence-electron chi connectivity index (χ3n) is 3.38. The van der Waals surface area contributed by atoms with E-state index in [2.05, 4.69) is 17.1 Å². The standard InChI is InChI=1S/C11H20N2O/c1-9-8-13(7-6-12-9)11(14)10-4-2-3-5-10/h9-10,12H,2-8H2,1H3/t9-/m1/s1. The van der Waals surface area contributed by atoms with Gasteiger partial charge in [0.1, 0.15) is 0 Å². The number of hydrogen-bond donors (Lipinski definition) is 1. The maximum atomic E-state index is 12.0. The molecular formula is C11H20N2O. The Bertz CT molecular complexity index is 211. The van der Waals surface area contributed by atoms with Gasteiger partial charge < -0.3 is 10.2 Å². The van der Waals surface area contributed by atoms with Gasteiger partial charge in [-0.2, -0.15) is 0 Å². The normalized spacial score (nSPS) is 29.5. The fourth-order valence-electron chi connectivity index (χ4n) is 2.56. The molecule has 0 unspecified atom stereocenters. The van der Waals surface area contributed by atoms with E-state index in [0.29, 0.717) is 17.9 Å². The molecule has 0 bridgehead atoms. The summed E-state index contributed by atoms with van der Waals surface area (Å²) < 4.78 is 0. The van der Waals surface area contributed by atoms with Crippen molar-refractivity contribution < 1.29 is 4.79 Å². The van der Waals surface area contributed by atoms with Crippen molar-refractivity contribution in [2.75, 3.05) is 19.6 Å². The van der Waals surface area contributed by atoms with Gasteiger partial charge in [0.05, 0.1) is 0 Å². The Hall–Kier alpha value is -0.570. The molecular weight excluding hydrogens is 176 g/mol. The topological polar surface area (TPSA) is 32.3 Å². The molecule has 1 aliphatic heterocycles. The van der Waals surface area contributed by atoms with Crippen molar-refractivity contribution in [2.24, 2.45) is 5.92 Å². The fourth-order valence-corrected chi connectivity index (χ4v) is 2.56. The Labute approximate surface area is 85.8 Å². The third-order valence-corrected chi connectivity index (χ3v) is 3.38. The predicted octanol–water partition coefficient (Wildman–Crippen LogP) is 0.997. The number of carbonyl (C=O) groups is 1. The first-order valence-corrected chi connectivity index (χ1v) is 5.79. The first-order valence-electron chi connectivity index (χ1n) is 5.79. The van der Waals surface area contributed by atoms with Crippen molar-refractivity contribution in [1.82, 2.24) is 10.2 Å². The van der Waals surface area contributed by atoms with Gasteiger partial charge in [0.2, 0.25) is 5.91 Å². The molecule has 3 nitrogen and oxygen atoms in total. The molecule has 1 saturated heterocycles. The number of hydrogen-bond acceptors (Lipinski definition) is 2. The molecule has 14 heavy (non-hydrogen) atoms. The van der Waals surface area contributed by atoms with Crippen molar-refractivity contribution in [2.45, 2.75) is 38.6 Å². The first-order chi connectivity index (χ1) is 6.77. The van der Waals surface area contributed by atoms with Gasteiger partial charge in [-0.25, -0.2) is 0 Å². The summed E-state index contributed by atoms with van der Waals surface area (Å²) in [7, 11) is 0. The highest BCUT2D eigenvalue weighted by atomic mass is 16.2. The lowest BCUT2D eigenvalue weighted by molar-refractivity contribution is -0.136. The van der Waals surface area contributed by atoms with Crippen LogP contribution in [0.1, 0.15) is 32.6 Å². The molecule has 0 radical (unpaired) electrons. The molecule has 1 aliphatic carbocycles. The van der Waals surface area contributed by atoms with Gasteiger partial charge in [-0.3, -0.25) is 4.79 Å². The molecule has 0 spiro atoms.